The molecule has 1 aliphatic heterocycles. The molecular weight excluding hydrogens is 226 g/mol. The minimum atomic E-state index is 0.879. The molecule has 2 heteroatoms. The smallest absolute Gasteiger partial charge is 0.0850 e. The van der Waals surface area contributed by atoms with Crippen LogP contribution in [0, 0.1) is 5.92 Å². The van der Waals surface area contributed by atoms with Gasteiger partial charge in [-0.15, -0.1) is 0 Å². The van der Waals surface area contributed by atoms with E-state index in [4.69, 9.17) is 0 Å². The summed E-state index contributed by atoms with van der Waals surface area (Å²) in [6, 6.07) is 0. The maximum atomic E-state index is 4.03. The third-order valence-corrected chi connectivity index (χ3v) is 3.48. The lowest BCUT2D eigenvalue weighted by molar-refractivity contribution is 0.249. The van der Waals surface area contributed by atoms with Crippen LogP contribution in [0.1, 0.15) is 19.3 Å². The first kappa shape index (κ1) is 9.07. The Hall–Kier alpha value is -0.500. The van der Waals surface area contributed by atoms with Gasteiger partial charge in [0.2, 0.25) is 0 Å². The van der Waals surface area contributed by atoms with Crippen molar-refractivity contribution in [1.82, 2.24) is 4.90 Å². The fourth-order valence-electron chi connectivity index (χ4n) is 1.69. The number of hydrogen-bond acceptors (Lipinski definition) is 1. The molecule has 0 amide bonds. The number of nitrogens with zero attached hydrogens (tertiary/aromatic N) is 1. The summed E-state index contributed by atoms with van der Waals surface area (Å²) in [5.74, 6) is 0.879. The molecular formula is C11H14BrN. The second kappa shape index (κ2) is 3.70. The molecule has 0 aromatic rings. The number of allylic oxidation sites excluding steroid dienone is 3. The maximum absolute atomic E-state index is 4.03. The predicted molar refractivity (Wildman–Crippen MR) is 59.3 cm³/mol. The third kappa shape index (κ3) is 1.88. The van der Waals surface area contributed by atoms with Crippen LogP contribution in [0.2, 0.25) is 0 Å². The van der Waals surface area contributed by atoms with Crippen molar-refractivity contribution in [1.29, 1.82) is 0 Å². The van der Waals surface area contributed by atoms with Crippen LogP contribution >= 0.6 is 15.9 Å². The molecule has 0 aromatic carbocycles. The largest absolute Gasteiger partial charge is 0.336 e. The Morgan fingerprint density at radius 2 is 2.31 bits per heavy atom. The molecule has 2 aliphatic rings. The topological polar surface area (TPSA) is 3.24 Å². The highest BCUT2D eigenvalue weighted by Crippen LogP contribution is 2.31. The Labute approximate surface area is 87.9 Å². The van der Waals surface area contributed by atoms with Gasteiger partial charge in [0.1, 0.15) is 0 Å². The van der Waals surface area contributed by atoms with E-state index in [1.54, 1.807) is 0 Å². The fraction of sp³-hybridized carbons (Fsp3) is 0.455. The molecule has 0 bridgehead atoms. The van der Waals surface area contributed by atoms with Crippen molar-refractivity contribution in [2.45, 2.75) is 19.3 Å². The second-order valence-corrected chi connectivity index (χ2v) is 4.56. The summed E-state index contributed by atoms with van der Waals surface area (Å²) < 4.78 is 1.15. The standard InChI is InChI=1S/C11H14BrN/c1-9-4-2-7-11(12)13(9)8-10-5-3-6-10/h2,4,7,10H,1,3,5-6,8H2. The zero-order valence-electron chi connectivity index (χ0n) is 7.67. The van der Waals surface area contributed by atoms with Gasteiger partial charge in [-0.1, -0.05) is 19.1 Å². The molecule has 1 heterocycles. The first-order valence-electron chi connectivity index (χ1n) is 4.77. The molecule has 0 saturated heterocycles. The van der Waals surface area contributed by atoms with Crippen LogP contribution in [-0.4, -0.2) is 11.4 Å². The summed E-state index contributed by atoms with van der Waals surface area (Å²) in [5, 5.41) is 0. The summed E-state index contributed by atoms with van der Waals surface area (Å²) in [5.41, 5.74) is 1.10. The van der Waals surface area contributed by atoms with Gasteiger partial charge in [0.25, 0.3) is 0 Å². The van der Waals surface area contributed by atoms with Gasteiger partial charge in [-0.05, 0) is 46.8 Å². The highest BCUT2D eigenvalue weighted by atomic mass is 79.9. The van der Waals surface area contributed by atoms with Gasteiger partial charge in [0, 0.05) is 12.2 Å². The van der Waals surface area contributed by atoms with Crippen LogP contribution in [-0.2, 0) is 0 Å². The van der Waals surface area contributed by atoms with Crippen LogP contribution < -0.4 is 0 Å². The van der Waals surface area contributed by atoms with E-state index in [9.17, 15) is 0 Å². The van der Waals surface area contributed by atoms with Gasteiger partial charge in [-0.2, -0.15) is 0 Å². The highest BCUT2D eigenvalue weighted by molar-refractivity contribution is 9.11. The molecule has 1 fully saturated rings. The van der Waals surface area contributed by atoms with Gasteiger partial charge in [-0.3, -0.25) is 0 Å². The summed E-state index contributed by atoms with van der Waals surface area (Å²) >= 11 is 3.55. The van der Waals surface area contributed by atoms with E-state index in [-0.39, 0.29) is 0 Å². The van der Waals surface area contributed by atoms with Crippen molar-refractivity contribution >= 4 is 15.9 Å². The Kier molecular flexibility index (Phi) is 2.58. The van der Waals surface area contributed by atoms with Crippen LogP contribution in [0.3, 0.4) is 0 Å². The van der Waals surface area contributed by atoms with Crippen molar-refractivity contribution in [2.75, 3.05) is 6.54 Å². The van der Waals surface area contributed by atoms with Crippen molar-refractivity contribution in [3.63, 3.8) is 0 Å². The molecule has 13 heavy (non-hydrogen) atoms. The van der Waals surface area contributed by atoms with Gasteiger partial charge in [0.15, 0.2) is 0 Å². The van der Waals surface area contributed by atoms with Crippen LogP contribution in [0.4, 0.5) is 0 Å². The second-order valence-electron chi connectivity index (χ2n) is 3.75. The lowest BCUT2D eigenvalue weighted by Gasteiger charge is -2.34. The minimum Gasteiger partial charge on any atom is -0.336 e. The van der Waals surface area contributed by atoms with E-state index in [1.165, 1.54) is 19.3 Å². The van der Waals surface area contributed by atoms with E-state index < -0.39 is 0 Å². The number of rotatable bonds is 2. The van der Waals surface area contributed by atoms with E-state index in [0.717, 1.165) is 22.8 Å². The lowest BCUT2D eigenvalue weighted by Crippen LogP contribution is -2.30. The Morgan fingerprint density at radius 1 is 1.54 bits per heavy atom. The van der Waals surface area contributed by atoms with Crippen LogP contribution in [0.25, 0.3) is 0 Å². The average Bonchev–Trinajstić information content (AvgIpc) is 2.00. The normalized spacial score (nSPS) is 23.0. The first-order valence-corrected chi connectivity index (χ1v) is 5.57. The van der Waals surface area contributed by atoms with Gasteiger partial charge >= 0.3 is 0 Å². The molecule has 0 aromatic heterocycles. The van der Waals surface area contributed by atoms with Crippen LogP contribution in [0.5, 0.6) is 0 Å². The van der Waals surface area contributed by atoms with Gasteiger partial charge < -0.3 is 4.90 Å². The molecule has 1 nitrogen and oxygen atoms in total. The number of halogens is 1. The molecule has 1 saturated carbocycles. The fourth-order valence-corrected chi connectivity index (χ4v) is 2.22. The quantitative estimate of drug-likeness (QED) is 0.668. The van der Waals surface area contributed by atoms with Crippen molar-refractivity contribution in [3.8, 4) is 0 Å². The predicted octanol–water partition coefficient (Wildman–Crippen LogP) is 3.41. The van der Waals surface area contributed by atoms with Crippen LogP contribution in [0.15, 0.2) is 35.1 Å². The van der Waals surface area contributed by atoms with Crippen molar-refractivity contribution < 1.29 is 0 Å². The summed E-state index contributed by atoms with van der Waals surface area (Å²) in [4.78, 5) is 2.25. The van der Waals surface area contributed by atoms with E-state index in [2.05, 4.69) is 39.6 Å². The van der Waals surface area contributed by atoms with Crippen molar-refractivity contribution in [2.24, 2.45) is 5.92 Å². The maximum Gasteiger partial charge on any atom is 0.0850 e. The zero-order chi connectivity index (χ0) is 9.26. The van der Waals surface area contributed by atoms with E-state index >= 15 is 0 Å². The molecule has 1 aliphatic carbocycles. The van der Waals surface area contributed by atoms with Crippen molar-refractivity contribution in [3.05, 3.63) is 35.1 Å². The SMILES string of the molecule is C=C1C=CC=C(Br)N1CC1CCC1. The molecule has 0 spiro atoms. The number of hydrogen-bond donors (Lipinski definition) is 0. The molecule has 0 unspecified atom stereocenters. The zero-order valence-corrected chi connectivity index (χ0v) is 9.26. The van der Waals surface area contributed by atoms with E-state index in [1.807, 2.05) is 6.08 Å². The summed E-state index contributed by atoms with van der Waals surface area (Å²) in [6.07, 6.45) is 10.3. The Balaban J connectivity index is 2.00. The van der Waals surface area contributed by atoms with Gasteiger partial charge in [0.05, 0.1) is 4.61 Å². The monoisotopic (exact) mass is 239 g/mol. The van der Waals surface area contributed by atoms with Gasteiger partial charge in [-0.25, -0.2) is 0 Å². The lowest BCUT2D eigenvalue weighted by atomic mass is 9.85. The molecule has 2 rings (SSSR count). The molecule has 0 radical (unpaired) electrons. The minimum absolute atomic E-state index is 0.879. The first-order chi connectivity index (χ1) is 6.27. The Bertz CT molecular complexity index is 274. The molecule has 0 N–H and O–H groups in total. The highest BCUT2D eigenvalue weighted by Gasteiger charge is 2.22. The third-order valence-electron chi connectivity index (χ3n) is 2.79. The summed E-state index contributed by atoms with van der Waals surface area (Å²) in [7, 11) is 0. The van der Waals surface area contributed by atoms with E-state index in [0.29, 0.717) is 0 Å². The average molecular weight is 240 g/mol. The molecule has 70 valence electrons. The molecule has 0 atom stereocenters. The summed E-state index contributed by atoms with van der Waals surface area (Å²) in [6.45, 7) is 5.15. The Morgan fingerprint density at radius 3 is 2.85 bits per heavy atom.